The highest BCUT2D eigenvalue weighted by atomic mass is 32.2. The van der Waals surface area contributed by atoms with E-state index >= 15 is 0 Å². The van der Waals surface area contributed by atoms with Crippen LogP contribution in [0.1, 0.15) is 58.8 Å². The molecule has 122 valence electrons. The molecule has 6 heteroatoms. The van der Waals surface area contributed by atoms with Gasteiger partial charge in [0.15, 0.2) is 0 Å². The minimum absolute atomic E-state index is 0.0231. The molecular weight excluding hydrogens is 290 g/mol. The van der Waals surface area contributed by atoms with Crippen LogP contribution in [-0.2, 0) is 19.6 Å². The molecule has 5 nitrogen and oxygen atoms in total. The Labute approximate surface area is 127 Å². The largest absolute Gasteiger partial charge is 0.469 e. The van der Waals surface area contributed by atoms with Gasteiger partial charge in [-0.2, -0.15) is 0 Å². The molecule has 0 heterocycles. The first kappa shape index (κ1) is 16.7. The van der Waals surface area contributed by atoms with Crippen LogP contribution in [0.2, 0.25) is 0 Å². The molecule has 2 aliphatic carbocycles. The summed E-state index contributed by atoms with van der Waals surface area (Å²) in [6.45, 7) is 4.23. The smallest absolute Gasteiger partial charge is 0.310 e. The number of hydrogen-bond acceptors (Lipinski definition) is 4. The van der Waals surface area contributed by atoms with Gasteiger partial charge in [0, 0.05) is 6.04 Å². The molecular formula is C15H27NO4S. The van der Waals surface area contributed by atoms with Crippen LogP contribution in [0, 0.1) is 11.3 Å². The van der Waals surface area contributed by atoms with Crippen molar-refractivity contribution in [3.63, 3.8) is 0 Å². The number of carbonyl (C=O) groups is 1. The van der Waals surface area contributed by atoms with Gasteiger partial charge in [-0.1, -0.05) is 33.1 Å². The van der Waals surface area contributed by atoms with Crippen LogP contribution in [0.15, 0.2) is 0 Å². The number of carbonyl (C=O) groups excluding carboxylic acids is 1. The summed E-state index contributed by atoms with van der Waals surface area (Å²) in [6, 6.07) is -0.0323. The average molecular weight is 317 g/mol. The van der Waals surface area contributed by atoms with Gasteiger partial charge in [0.1, 0.15) is 0 Å². The second-order valence-corrected chi connectivity index (χ2v) is 8.98. The predicted octanol–water partition coefficient (Wildman–Crippen LogP) is 2.22. The lowest BCUT2D eigenvalue weighted by molar-refractivity contribution is -0.145. The summed E-state index contributed by atoms with van der Waals surface area (Å²) in [5, 5.41) is -0.636. The molecule has 0 spiro atoms. The zero-order valence-electron chi connectivity index (χ0n) is 13.2. The first-order chi connectivity index (χ1) is 9.78. The van der Waals surface area contributed by atoms with Gasteiger partial charge in [-0.25, -0.2) is 13.1 Å². The van der Waals surface area contributed by atoms with Gasteiger partial charge in [-0.3, -0.25) is 4.79 Å². The van der Waals surface area contributed by atoms with E-state index < -0.39 is 27.2 Å². The molecule has 1 N–H and O–H groups in total. The predicted molar refractivity (Wildman–Crippen MR) is 81.2 cm³/mol. The third-order valence-corrected chi connectivity index (χ3v) is 7.14. The van der Waals surface area contributed by atoms with E-state index in [9.17, 15) is 13.2 Å². The molecule has 0 aromatic rings. The second kappa shape index (κ2) is 6.24. The Hall–Kier alpha value is -0.620. The fourth-order valence-corrected chi connectivity index (χ4v) is 5.88. The van der Waals surface area contributed by atoms with Crippen LogP contribution in [0.25, 0.3) is 0 Å². The van der Waals surface area contributed by atoms with Crippen molar-refractivity contribution in [2.45, 2.75) is 70.1 Å². The summed E-state index contributed by atoms with van der Waals surface area (Å²) in [6.07, 6.45) is 6.03. The second-order valence-electron chi connectivity index (χ2n) is 7.05. The van der Waals surface area contributed by atoms with E-state index in [-0.39, 0.29) is 11.5 Å². The molecule has 2 rings (SSSR count). The van der Waals surface area contributed by atoms with Crippen LogP contribution in [0.5, 0.6) is 0 Å². The van der Waals surface area contributed by atoms with Gasteiger partial charge in [0.2, 0.25) is 10.0 Å². The third kappa shape index (κ3) is 3.59. The Morgan fingerprint density at radius 1 is 1.14 bits per heavy atom. The molecule has 0 radical (unpaired) electrons. The summed E-state index contributed by atoms with van der Waals surface area (Å²) < 4.78 is 33.1. The van der Waals surface area contributed by atoms with E-state index in [1.807, 2.05) is 0 Å². The minimum atomic E-state index is -3.49. The van der Waals surface area contributed by atoms with Crippen LogP contribution in [0.4, 0.5) is 0 Å². The standard InChI is InChI=1S/C15H27NO4S/c1-15(2)10-5-4-9-13(15)16-21(18,19)12-8-6-7-11(12)14(17)20-3/h11-13,16H,4-10H2,1-3H3. The maximum Gasteiger partial charge on any atom is 0.310 e. The Morgan fingerprint density at radius 2 is 1.86 bits per heavy atom. The molecule has 0 saturated heterocycles. The first-order valence-corrected chi connectivity index (χ1v) is 9.41. The fraction of sp³-hybridized carbons (Fsp3) is 0.933. The SMILES string of the molecule is COC(=O)C1CCCC1S(=O)(=O)NC1CCCCC1(C)C. The highest BCUT2D eigenvalue weighted by Gasteiger charge is 2.44. The summed E-state index contributed by atoms with van der Waals surface area (Å²) in [7, 11) is -2.16. The Kier molecular flexibility index (Phi) is 4.98. The van der Waals surface area contributed by atoms with Crippen LogP contribution < -0.4 is 4.72 Å². The topological polar surface area (TPSA) is 72.5 Å². The first-order valence-electron chi connectivity index (χ1n) is 7.87. The maximum atomic E-state index is 12.7. The monoisotopic (exact) mass is 317 g/mol. The van der Waals surface area contributed by atoms with Crippen LogP contribution in [-0.4, -0.2) is 32.8 Å². The van der Waals surface area contributed by atoms with E-state index in [4.69, 9.17) is 4.74 Å². The van der Waals surface area contributed by atoms with Gasteiger partial charge in [-0.05, 0) is 31.1 Å². The zero-order valence-corrected chi connectivity index (χ0v) is 14.0. The Bertz CT molecular complexity index is 486. The molecule has 2 aliphatic rings. The Balaban J connectivity index is 2.12. The number of hydrogen-bond donors (Lipinski definition) is 1. The van der Waals surface area contributed by atoms with Crippen molar-refractivity contribution in [2.75, 3.05) is 7.11 Å². The third-order valence-electron chi connectivity index (χ3n) is 5.17. The van der Waals surface area contributed by atoms with E-state index in [0.29, 0.717) is 12.8 Å². The highest BCUT2D eigenvalue weighted by molar-refractivity contribution is 7.90. The summed E-state index contributed by atoms with van der Waals surface area (Å²) in [4.78, 5) is 11.8. The zero-order chi connectivity index (χ0) is 15.7. The van der Waals surface area contributed by atoms with Crippen LogP contribution >= 0.6 is 0 Å². The number of methoxy groups -OCH3 is 1. The number of nitrogens with one attached hydrogen (secondary N) is 1. The number of ether oxygens (including phenoxy) is 1. The van der Waals surface area contributed by atoms with Gasteiger partial charge >= 0.3 is 5.97 Å². The maximum absolute atomic E-state index is 12.7. The van der Waals surface area contributed by atoms with Crippen molar-refractivity contribution in [3.8, 4) is 0 Å². The average Bonchev–Trinajstić information content (AvgIpc) is 2.90. The molecule has 3 atom stereocenters. The van der Waals surface area contributed by atoms with E-state index in [1.54, 1.807) is 0 Å². The molecule has 0 bridgehead atoms. The molecule has 2 fully saturated rings. The normalized spacial score (nSPS) is 32.8. The molecule has 3 unspecified atom stereocenters. The van der Waals surface area contributed by atoms with Crippen molar-refractivity contribution in [1.29, 1.82) is 0 Å². The molecule has 0 aromatic heterocycles. The molecule has 2 saturated carbocycles. The summed E-state index contributed by atoms with van der Waals surface area (Å²) in [5.74, 6) is -0.912. The van der Waals surface area contributed by atoms with Crippen molar-refractivity contribution in [2.24, 2.45) is 11.3 Å². The van der Waals surface area contributed by atoms with E-state index in [2.05, 4.69) is 18.6 Å². The quantitative estimate of drug-likeness (QED) is 0.807. The van der Waals surface area contributed by atoms with Crippen molar-refractivity contribution < 1.29 is 17.9 Å². The lowest BCUT2D eigenvalue weighted by Gasteiger charge is -2.39. The van der Waals surface area contributed by atoms with Crippen LogP contribution in [0.3, 0.4) is 0 Å². The van der Waals surface area contributed by atoms with Gasteiger partial charge < -0.3 is 4.74 Å². The van der Waals surface area contributed by atoms with Gasteiger partial charge in [-0.15, -0.1) is 0 Å². The number of esters is 1. The van der Waals surface area contributed by atoms with Crippen molar-refractivity contribution >= 4 is 16.0 Å². The van der Waals surface area contributed by atoms with Crippen molar-refractivity contribution in [1.82, 2.24) is 4.72 Å². The van der Waals surface area contributed by atoms with E-state index in [0.717, 1.165) is 32.1 Å². The summed E-state index contributed by atoms with van der Waals surface area (Å²) >= 11 is 0. The molecule has 0 amide bonds. The lowest BCUT2D eigenvalue weighted by Crippen LogP contribution is -2.50. The van der Waals surface area contributed by atoms with Gasteiger partial charge in [0.05, 0.1) is 18.3 Å². The minimum Gasteiger partial charge on any atom is -0.469 e. The summed E-state index contributed by atoms with van der Waals surface area (Å²) in [5.41, 5.74) is -0.0231. The van der Waals surface area contributed by atoms with Gasteiger partial charge in [0.25, 0.3) is 0 Å². The molecule has 0 aliphatic heterocycles. The molecule has 21 heavy (non-hydrogen) atoms. The molecule has 0 aromatic carbocycles. The Morgan fingerprint density at radius 3 is 2.48 bits per heavy atom. The van der Waals surface area contributed by atoms with E-state index in [1.165, 1.54) is 7.11 Å². The lowest BCUT2D eigenvalue weighted by atomic mass is 9.74. The highest BCUT2D eigenvalue weighted by Crippen LogP contribution is 2.37. The number of rotatable bonds is 4. The number of sulfonamides is 1. The fourth-order valence-electron chi connectivity index (χ4n) is 3.72. The van der Waals surface area contributed by atoms with Crippen molar-refractivity contribution in [3.05, 3.63) is 0 Å².